The molecule has 0 aliphatic rings. The SMILES string of the molecule is CCC(C)/C([O-])=N/S(=O)(=O)C(F)(F)F. The van der Waals surface area contributed by atoms with Crippen molar-refractivity contribution in [3.8, 4) is 0 Å². The molecule has 84 valence electrons. The third-order valence-corrected chi connectivity index (χ3v) is 2.54. The van der Waals surface area contributed by atoms with Crippen molar-refractivity contribution in [2.75, 3.05) is 0 Å². The summed E-state index contributed by atoms with van der Waals surface area (Å²) in [7, 11) is -5.68. The Morgan fingerprint density at radius 1 is 1.50 bits per heavy atom. The normalized spacial score (nSPS) is 16.8. The molecule has 4 nitrogen and oxygen atoms in total. The summed E-state index contributed by atoms with van der Waals surface area (Å²) in [6, 6.07) is 0. The Morgan fingerprint density at radius 2 is 1.93 bits per heavy atom. The molecule has 14 heavy (non-hydrogen) atoms. The van der Waals surface area contributed by atoms with Crippen LogP contribution in [0.4, 0.5) is 13.2 Å². The molecule has 0 aromatic rings. The number of halogens is 3. The average Bonchev–Trinajstić information content (AvgIpc) is 2.00. The second kappa shape index (κ2) is 4.16. The molecule has 0 heterocycles. The van der Waals surface area contributed by atoms with E-state index in [1.807, 2.05) is 0 Å². The molecule has 0 bridgehead atoms. The number of hydrogen-bond donors (Lipinski definition) is 0. The van der Waals surface area contributed by atoms with E-state index in [-0.39, 0.29) is 6.42 Å². The molecule has 0 spiro atoms. The summed E-state index contributed by atoms with van der Waals surface area (Å²) in [5, 5.41) is 10.8. The molecule has 0 aromatic heterocycles. The highest BCUT2D eigenvalue weighted by molar-refractivity contribution is 7.91. The van der Waals surface area contributed by atoms with Gasteiger partial charge in [0.25, 0.3) is 0 Å². The Balaban J connectivity index is 5.01. The Kier molecular flexibility index (Phi) is 3.92. The van der Waals surface area contributed by atoms with Gasteiger partial charge in [0.2, 0.25) is 0 Å². The highest BCUT2D eigenvalue weighted by Gasteiger charge is 2.45. The van der Waals surface area contributed by atoms with E-state index < -0.39 is 27.3 Å². The summed E-state index contributed by atoms with van der Waals surface area (Å²) < 4.78 is 58.1. The highest BCUT2D eigenvalue weighted by Crippen LogP contribution is 2.24. The van der Waals surface area contributed by atoms with E-state index in [1.54, 1.807) is 0 Å². The lowest BCUT2D eigenvalue weighted by atomic mass is 10.1. The van der Waals surface area contributed by atoms with Gasteiger partial charge in [-0.1, -0.05) is 13.8 Å². The van der Waals surface area contributed by atoms with Crippen LogP contribution in [0.3, 0.4) is 0 Å². The molecule has 0 rings (SSSR count). The average molecular weight is 232 g/mol. The third kappa shape index (κ3) is 3.17. The standard InChI is InChI=1S/C6H10F3NO3S/c1-3-4(2)5(11)10-14(12,13)6(7,8)9/h4H,3H2,1-2H3,(H,10,11)/p-1. The minimum absolute atomic E-state index is 0.232. The molecular weight excluding hydrogens is 223 g/mol. The Labute approximate surface area is 79.5 Å². The quantitative estimate of drug-likeness (QED) is 0.529. The summed E-state index contributed by atoms with van der Waals surface area (Å²) in [4.78, 5) is 0. The zero-order valence-corrected chi connectivity index (χ0v) is 8.32. The number of alkyl halides is 3. The van der Waals surface area contributed by atoms with Crippen molar-refractivity contribution in [2.24, 2.45) is 10.3 Å². The van der Waals surface area contributed by atoms with Crippen LogP contribution in [-0.2, 0) is 10.0 Å². The zero-order valence-electron chi connectivity index (χ0n) is 7.50. The molecule has 0 fully saturated rings. The smallest absolute Gasteiger partial charge is 0.518 e. The first-order chi connectivity index (χ1) is 6.12. The lowest BCUT2D eigenvalue weighted by Gasteiger charge is -2.16. The topological polar surface area (TPSA) is 69.6 Å². The van der Waals surface area contributed by atoms with Gasteiger partial charge in [-0.15, -0.1) is 0 Å². The van der Waals surface area contributed by atoms with Crippen molar-refractivity contribution >= 4 is 15.9 Å². The summed E-state index contributed by atoms with van der Waals surface area (Å²) in [6.07, 6.45) is 0.232. The van der Waals surface area contributed by atoms with Gasteiger partial charge in [0.05, 0.1) is 0 Å². The van der Waals surface area contributed by atoms with Crippen molar-refractivity contribution in [3.05, 3.63) is 0 Å². The maximum Gasteiger partial charge on any atom is 0.518 e. The second-order valence-corrected chi connectivity index (χ2v) is 4.26. The van der Waals surface area contributed by atoms with Crippen LogP contribution in [0.2, 0.25) is 0 Å². The van der Waals surface area contributed by atoms with Gasteiger partial charge in [-0.2, -0.15) is 26.0 Å². The van der Waals surface area contributed by atoms with E-state index in [1.165, 1.54) is 13.8 Å². The third-order valence-electron chi connectivity index (χ3n) is 1.54. The van der Waals surface area contributed by atoms with Crippen LogP contribution in [0.15, 0.2) is 4.40 Å². The van der Waals surface area contributed by atoms with Crippen molar-refractivity contribution in [3.63, 3.8) is 0 Å². The summed E-state index contributed by atoms with van der Waals surface area (Å²) >= 11 is 0. The summed E-state index contributed by atoms with van der Waals surface area (Å²) in [6.45, 7) is 2.84. The van der Waals surface area contributed by atoms with Crippen LogP contribution in [0.5, 0.6) is 0 Å². The van der Waals surface area contributed by atoms with E-state index in [0.717, 1.165) is 0 Å². The van der Waals surface area contributed by atoms with Crippen molar-refractivity contribution in [1.29, 1.82) is 0 Å². The fourth-order valence-corrected chi connectivity index (χ4v) is 0.955. The predicted molar refractivity (Wildman–Crippen MR) is 41.9 cm³/mol. The molecule has 0 saturated heterocycles. The fourth-order valence-electron chi connectivity index (χ4n) is 0.435. The molecule has 0 aliphatic carbocycles. The highest BCUT2D eigenvalue weighted by atomic mass is 32.2. The fraction of sp³-hybridized carbons (Fsp3) is 0.833. The van der Waals surface area contributed by atoms with Crippen molar-refractivity contribution in [1.82, 2.24) is 0 Å². The van der Waals surface area contributed by atoms with Crippen LogP contribution in [0.1, 0.15) is 20.3 Å². The molecule has 0 radical (unpaired) electrons. The maximum absolute atomic E-state index is 11.7. The molecular formula is C6H9F3NO3S-. The number of rotatable bonds is 3. The van der Waals surface area contributed by atoms with Gasteiger partial charge < -0.3 is 5.11 Å². The molecule has 8 heteroatoms. The first kappa shape index (κ1) is 13.2. The van der Waals surface area contributed by atoms with Gasteiger partial charge >= 0.3 is 15.5 Å². The largest absolute Gasteiger partial charge is 0.861 e. The van der Waals surface area contributed by atoms with E-state index in [0.29, 0.717) is 0 Å². The second-order valence-electron chi connectivity index (χ2n) is 2.66. The Hall–Kier alpha value is -0.790. The van der Waals surface area contributed by atoms with Gasteiger partial charge in [-0.25, -0.2) is 0 Å². The lowest BCUT2D eigenvalue weighted by molar-refractivity contribution is -0.223. The minimum Gasteiger partial charge on any atom is -0.861 e. The minimum atomic E-state index is -5.68. The first-order valence-electron chi connectivity index (χ1n) is 3.70. The van der Waals surface area contributed by atoms with Gasteiger partial charge in [-0.3, -0.25) is 0 Å². The van der Waals surface area contributed by atoms with Crippen molar-refractivity contribution in [2.45, 2.75) is 25.8 Å². The molecule has 0 amide bonds. The van der Waals surface area contributed by atoms with Crippen LogP contribution >= 0.6 is 0 Å². The summed E-state index contributed by atoms with van der Waals surface area (Å²) in [5.74, 6) is -2.10. The first-order valence-corrected chi connectivity index (χ1v) is 5.14. The van der Waals surface area contributed by atoms with Gasteiger partial charge in [0.15, 0.2) is 0 Å². The number of hydrogen-bond acceptors (Lipinski definition) is 3. The monoisotopic (exact) mass is 232 g/mol. The van der Waals surface area contributed by atoms with Crippen LogP contribution < -0.4 is 5.11 Å². The summed E-state index contributed by atoms with van der Waals surface area (Å²) in [5.41, 5.74) is -5.50. The number of sulfonamides is 1. The van der Waals surface area contributed by atoms with Gasteiger partial charge in [0.1, 0.15) is 0 Å². The number of nitrogens with zero attached hydrogens (tertiary/aromatic N) is 1. The molecule has 1 atom stereocenters. The zero-order chi connectivity index (χ0) is 11.6. The van der Waals surface area contributed by atoms with Gasteiger partial charge in [-0.05, 0) is 18.2 Å². The lowest BCUT2D eigenvalue weighted by Crippen LogP contribution is -2.30. The van der Waals surface area contributed by atoms with Crippen LogP contribution in [0.25, 0.3) is 0 Å². The van der Waals surface area contributed by atoms with E-state index in [9.17, 15) is 26.7 Å². The Bertz CT molecular complexity index is 320. The van der Waals surface area contributed by atoms with Crippen LogP contribution in [0, 0.1) is 5.92 Å². The molecule has 0 aliphatic heterocycles. The maximum atomic E-state index is 11.7. The van der Waals surface area contributed by atoms with Gasteiger partial charge in [0, 0.05) is 0 Å². The molecule has 0 N–H and O–H groups in total. The Morgan fingerprint density at radius 3 is 2.21 bits per heavy atom. The van der Waals surface area contributed by atoms with E-state index >= 15 is 0 Å². The molecule has 0 aromatic carbocycles. The molecule has 0 saturated carbocycles. The van der Waals surface area contributed by atoms with Crippen molar-refractivity contribution < 1.29 is 26.7 Å². The van der Waals surface area contributed by atoms with E-state index in [2.05, 4.69) is 4.40 Å². The van der Waals surface area contributed by atoms with Crippen LogP contribution in [-0.4, -0.2) is 19.8 Å². The van der Waals surface area contributed by atoms with E-state index in [4.69, 9.17) is 0 Å². The molecule has 1 unspecified atom stereocenters. The predicted octanol–water partition coefficient (Wildman–Crippen LogP) is 0.641.